The molecular weight excluding hydrogens is 420 g/mol. The lowest BCUT2D eigenvalue weighted by Gasteiger charge is -2.31. The average molecular weight is 447 g/mol. The average Bonchev–Trinajstić information content (AvgIpc) is 3.36. The number of rotatable bonds is 6. The van der Waals surface area contributed by atoms with Gasteiger partial charge in [-0.2, -0.15) is 10.2 Å². The normalized spacial score (nSPS) is 18.0. The maximum Gasteiger partial charge on any atom is 0.213 e. The fraction of sp³-hybridized carbons (Fsp3) is 0.450. The largest absolute Gasteiger partial charge is 0.269 e. The first-order valence-corrected chi connectivity index (χ1v) is 12.1. The molecule has 0 saturated carbocycles. The third-order valence-electron chi connectivity index (χ3n) is 5.55. The quantitative estimate of drug-likeness (QED) is 0.588. The summed E-state index contributed by atoms with van der Waals surface area (Å²) in [7, 11) is -3.22. The van der Waals surface area contributed by atoms with Gasteiger partial charge in [-0.15, -0.1) is 0 Å². The number of aromatic amines is 1. The van der Waals surface area contributed by atoms with Gasteiger partial charge in [-0.25, -0.2) is 12.7 Å². The second-order valence-corrected chi connectivity index (χ2v) is 10.3. The Morgan fingerprint density at radius 1 is 1.27 bits per heavy atom. The van der Waals surface area contributed by atoms with Crippen LogP contribution in [0.25, 0.3) is 5.69 Å². The molecule has 1 N–H and O–H groups in total. The van der Waals surface area contributed by atoms with Gasteiger partial charge in [0, 0.05) is 25.2 Å². The Kier molecular flexibility index (Phi) is 5.90. The van der Waals surface area contributed by atoms with Gasteiger partial charge >= 0.3 is 0 Å². The van der Waals surface area contributed by atoms with E-state index in [9.17, 15) is 8.42 Å². The molecule has 1 aromatic carbocycles. The van der Waals surface area contributed by atoms with Crippen LogP contribution in [0.4, 0.5) is 0 Å². The van der Waals surface area contributed by atoms with E-state index in [1.54, 1.807) is 17.4 Å². The van der Waals surface area contributed by atoms with E-state index in [2.05, 4.69) is 46.5 Å². The highest BCUT2D eigenvalue weighted by Crippen LogP contribution is 2.29. The van der Waals surface area contributed by atoms with E-state index in [0.717, 1.165) is 24.4 Å². The number of sulfonamides is 1. The number of nitrogens with one attached hydrogen (secondary N) is 1. The van der Waals surface area contributed by atoms with Crippen LogP contribution in [0.3, 0.4) is 0 Å². The smallest absolute Gasteiger partial charge is 0.213 e. The van der Waals surface area contributed by atoms with Crippen LogP contribution < -0.4 is 0 Å². The Morgan fingerprint density at radius 2 is 2.03 bits per heavy atom. The van der Waals surface area contributed by atoms with Gasteiger partial charge in [-0.05, 0) is 44.5 Å². The second-order valence-electron chi connectivity index (χ2n) is 7.70. The maximum atomic E-state index is 12.3. The predicted molar refractivity (Wildman–Crippen MR) is 118 cm³/mol. The van der Waals surface area contributed by atoms with E-state index in [0.29, 0.717) is 24.4 Å². The third kappa shape index (κ3) is 4.26. The molecule has 1 fully saturated rings. The van der Waals surface area contributed by atoms with Crippen molar-refractivity contribution in [1.82, 2.24) is 28.9 Å². The summed E-state index contributed by atoms with van der Waals surface area (Å²) < 4.78 is 30.5. The molecule has 1 aliphatic rings. The monoisotopic (exact) mass is 446 g/mol. The van der Waals surface area contributed by atoms with Crippen molar-refractivity contribution >= 4 is 22.2 Å². The minimum absolute atomic E-state index is 0.0199. The molecule has 1 saturated heterocycles. The van der Waals surface area contributed by atoms with Gasteiger partial charge in [0.25, 0.3) is 0 Å². The molecule has 0 amide bonds. The zero-order valence-electron chi connectivity index (χ0n) is 17.2. The van der Waals surface area contributed by atoms with Gasteiger partial charge in [0.1, 0.15) is 5.82 Å². The van der Waals surface area contributed by atoms with Crippen LogP contribution in [0.2, 0.25) is 0 Å². The van der Waals surface area contributed by atoms with Crippen molar-refractivity contribution in [3.8, 4) is 5.69 Å². The molecule has 1 atom stereocenters. The standard InChI is InChI=1S/C20H26N6O2S2/c1-3-30(27,28)25-10-4-5-17(13-25)19-22-23-20(29)26(19)18-11-21-24(14-18)12-16-8-6-15(2)7-9-16/h6-9,11,14,17H,3-5,10,12-13H2,1-2H3,(H,23,29). The molecular formula is C20H26N6O2S2. The molecule has 0 radical (unpaired) electrons. The topological polar surface area (TPSA) is 88.8 Å². The van der Waals surface area contributed by atoms with Gasteiger partial charge in [0.15, 0.2) is 4.77 Å². The van der Waals surface area contributed by atoms with Crippen molar-refractivity contribution in [3.63, 3.8) is 0 Å². The van der Waals surface area contributed by atoms with E-state index in [1.807, 2.05) is 15.4 Å². The molecule has 1 aliphatic heterocycles. The van der Waals surface area contributed by atoms with Gasteiger partial charge in [0.05, 0.1) is 24.2 Å². The summed E-state index contributed by atoms with van der Waals surface area (Å²) in [4.78, 5) is 0. The van der Waals surface area contributed by atoms with Crippen LogP contribution >= 0.6 is 12.2 Å². The van der Waals surface area contributed by atoms with E-state index in [-0.39, 0.29) is 11.7 Å². The van der Waals surface area contributed by atoms with Crippen molar-refractivity contribution in [1.29, 1.82) is 0 Å². The molecule has 0 bridgehead atoms. The summed E-state index contributed by atoms with van der Waals surface area (Å²) >= 11 is 5.48. The molecule has 0 spiro atoms. The van der Waals surface area contributed by atoms with Crippen molar-refractivity contribution in [2.45, 2.75) is 39.2 Å². The van der Waals surface area contributed by atoms with Crippen LogP contribution in [0.1, 0.15) is 42.6 Å². The van der Waals surface area contributed by atoms with E-state index in [4.69, 9.17) is 12.2 Å². The van der Waals surface area contributed by atoms with Gasteiger partial charge in [-0.1, -0.05) is 29.8 Å². The molecule has 160 valence electrons. The highest BCUT2D eigenvalue weighted by Gasteiger charge is 2.31. The van der Waals surface area contributed by atoms with Crippen molar-refractivity contribution < 1.29 is 8.42 Å². The molecule has 10 heteroatoms. The van der Waals surface area contributed by atoms with Crippen LogP contribution in [-0.4, -0.2) is 56.1 Å². The molecule has 30 heavy (non-hydrogen) atoms. The second kappa shape index (κ2) is 8.44. The summed E-state index contributed by atoms with van der Waals surface area (Å²) in [5.41, 5.74) is 3.21. The van der Waals surface area contributed by atoms with Gasteiger partial charge in [-0.3, -0.25) is 14.3 Å². The Balaban J connectivity index is 1.59. The molecule has 8 nitrogen and oxygen atoms in total. The molecule has 3 aromatic rings. The third-order valence-corrected chi connectivity index (χ3v) is 7.67. The number of hydrogen-bond acceptors (Lipinski definition) is 5. The van der Waals surface area contributed by atoms with Gasteiger partial charge in [0.2, 0.25) is 10.0 Å². The number of nitrogens with zero attached hydrogens (tertiary/aromatic N) is 5. The van der Waals surface area contributed by atoms with Crippen LogP contribution in [-0.2, 0) is 16.6 Å². The van der Waals surface area contributed by atoms with Crippen molar-refractivity contribution in [3.05, 3.63) is 58.4 Å². The zero-order valence-corrected chi connectivity index (χ0v) is 18.8. The minimum atomic E-state index is -3.22. The lowest BCUT2D eigenvalue weighted by atomic mass is 9.99. The predicted octanol–water partition coefficient (Wildman–Crippen LogP) is 3.01. The maximum absolute atomic E-state index is 12.3. The molecule has 1 unspecified atom stereocenters. The van der Waals surface area contributed by atoms with Crippen molar-refractivity contribution in [2.24, 2.45) is 0 Å². The summed E-state index contributed by atoms with van der Waals surface area (Å²) in [5, 5.41) is 11.8. The van der Waals surface area contributed by atoms with Crippen molar-refractivity contribution in [2.75, 3.05) is 18.8 Å². The number of piperidine rings is 1. The zero-order chi connectivity index (χ0) is 21.3. The highest BCUT2D eigenvalue weighted by atomic mass is 32.2. The Labute approximate surface area is 181 Å². The summed E-state index contributed by atoms with van der Waals surface area (Å²) in [6.07, 6.45) is 5.38. The van der Waals surface area contributed by atoms with E-state index < -0.39 is 10.0 Å². The SMILES string of the molecule is CCS(=O)(=O)N1CCCC(c2n[nH]c(=S)n2-c2cnn(Cc3ccc(C)cc3)c2)C1. The summed E-state index contributed by atoms with van der Waals surface area (Å²) in [5.74, 6) is 0.845. The lowest BCUT2D eigenvalue weighted by molar-refractivity contribution is 0.308. The first-order chi connectivity index (χ1) is 14.4. The number of aromatic nitrogens is 5. The van der Waals surface area contributed by atoms with Crippen LogP contribution in [0.5, 0.6) is 0 Å². The van der Waals surface area contributed by atoms with E-state index in [1.165, 1.54) is 11.1 Å². The fourth-order valence-corrected chi connectivity index (χ4v) is 5.28. The number of aryl methyl sites for hydroxylation is 1. The minimum Gasteiger partial charge on any atom is -0.269 e. The first-order valence-electron chi connectivity index (χ1n) is 10.1. The van der Waals surface area contributed by atoms with Crippen LogP contribution in [0.15, 0.2) is 36.7 Å². The summed E-state index contributed by atoms with van der Waals surface area (Å²) in [6, 6.07) is 8.36. The first kappa shape index (κ1) is 21.0. The van der Waals surface area contributed by atoms with E-state index >= 15 is 0 Å². The van der Waals surface area contributed by atoms with Crippen LogP contribution in [0, 0.1) is 11.7 Å². The number of benzene rings is 1. The molecule has 3 heterocycles. The fourth-order valence-electron chi connectivity index (χ4n) is 3.86. The molecule has 0 aliphatic carbocycles. The molecule has 2 aromatic heterocycles. The lowest BCUT2D eigenvalue weighted by Crippen LogP contribution is -2.40. The Hall–Kier alpha value is -2.30. The van der Waals surface area contributed by atoms with Gasteiger partial charge < -0.3 is 0 Å². The highest BCUT2D eigenvalue weighted by molar-refractivity contribution is 7.89. The molecule has 4 rings (SSSR count). The number of H-pyrrole nitrogens is 1. The Morgan fingerprint density at radius 3 is 2.77 bits per heavy atom. The summed E-state index contributed by atoms with van der Waals surface area (Å²) in [6.45, 7) is 5.39. The number of hydrogen-bond donors (Lipinski definition) is 1. The Bertz CT molecular complexity index is 1180.